The van der Waals surface area contributed by atoms with Gasteiger partial charge in [0.15, 0.2) is 0 Å². The molecule has 0 aromatic carbocycles. The van der Waals surface area contributed by atoms with Gasteiger partial charge in [0.1, 0.15) is 11.6 Å². The van der Waals surface area contributed by atoms with Crippen LogP contribution < -0.4 is 5.73 Å². The summed E-state index contributed by atoms with van der Waals surface area (Å²) in [6, 6.07) is -0.0405. The van der Waals surface area contributed by atoms with Crippen molar-refractivity contribution in [3.63, 3.8) is 0 Å². The lowest BCUT2D eigenvalue weighted by Crippen LogP contribution is -2.17. The summed E-state index contributed by atoms with van der Waals surface area (Å²) in [7, 11) is 1.70. The quantitative estimate of drug-likeness (QED) is 0.715. The van der Waals surface area contributed by atoms with E-state index in [1.54, 1.807) is 7.11 Å². The van der Waals surface area contributed by atoms with Crippen LogP contribution in [0.2, 0.25) is 0 Å². The summed E-state index contributed by atoms with van der Waals surface area (Å²) in [5, 5.41) is 8.15. The summed E-state index contributed by atoms with van der Waals surface area (Å²) in [4.78, 5) is 0. The van der Waals surface area contributed by atoms with Gasteiger partial charge in [-0.05, 0) is 26.7 Å². The van der Waals surface area contributed by atoms with E-state index in [0.29, 0.717) is 0 Å². The van der Waals surface area contributed by atoms with Crippen molar-refractivity contribution in [2.45, 2.75) is 39.3 Å². The lowest BCUT2D eigenvalue weighted by atomic mass is 10.1. The third-order valence-corrected chi connectivity index (χ3v) is 2.48. The Bertz CT molecular complexity index is 298. The van der Waals surface area contributed by atoms with Gasteiger partial charge in [-0.2, -0.15) is 0 Å². The number of nitrogens with two attached hydrogens (primary N) is 1. The van der Waals surface area contributed by atoms with Crippen LogP contribution in [-0.2, 0) is 11.3 Å². The number of hydrogen-bond acceptors (Lipinski definition) is 4. The van der Waals surface area contributed by atoms with Crippen molar-refractivity contribution in [1.82, 2.24) is 14.8 Å². The Morgan fingerprint density at radius 1 is 1.47 bits per heavy atom. The molecule has 0 saturated carbocycles. The van der Waals surface area contributed by atoms with Gasteiger partial charge in [-0.1, -0.05) is 0 Å². The Morgan fingerprint density at radius 3 is 2.80 bits per heavy atom. The van der Waals surface area contributed by atoms with Gasteiger partial charge in [-0.25, -0.2) is 0 Å². The molecule has 0 aliphatic heterocycles. The van der Waals surface area contributed by atoms with E-state index in [2.05, 4.69) is 21.7 Å². The van der Waals surface area contributed by atoms with Gasteiger partial charge in [0, 0.05) is 20.3 Å². The van der Waals surface area contributed by atoms with Gasteiger partial charge in [-0.3, -0.25) is 0 Å². The predicted octanol–water partition coefficient (Wildman–Crippen LogP) is 1.03. The van der Waals surface area contributed by atoms with Crippen LogP contribution in [0.15, 0.2) is 0 Å². The molecule has 0 aliphatic rings. The molecule has 5 nitrogen and oxygen atoms in total. The fourth-order valence-corrected chi connectivity index (χ4v) is 1.64. The van der Waals surface area contributed by atoms with Crippen LogP contribution in [0.5, 0.6) is 0 Å². The molecule has 0 saturated heterocycles. The molecule has 1 unspecified atom stereocenters. The highest BCUT2D eigenvalue weighted by Crippen LogP contribution is 2.14. The average Bonchev–Trinajstić information content (AvgIpc) is 2.59. The van der Waals surface area contributed by atoms with Crippen LogP contribution in [0.1, 0.15) is 37.5 Å². The summed E-state index contributed by atoms with van der Waals surface area (Å²) in [5.41, 5.74) is 6.05. The number of nitrogens with zero attached hydrogens (tertiary/aromatic N) is 3. The minimum absolute atomic E-state index is 0.0405. The highest BCUT2D eigenvalue weighted by atomic mass is 16.5. The Morgan fingerprint density at radius 2 is 2.20 bits per heavy atom. The molecule has 5 heteroatoms. The summed E-state index contributed by atoms with van der Waals surface area (Å²) < 4.78 is 7.04. The van der Waals surface area contributed by atoms with Crippen molar-refractivity contribution in [2.24, 2.45) is 5.73 Å². The maximum Gasteiger partial charge on any atom is 0.149 e. The van der Waals surface area contributed by atoms with Gasteiger partial charge in [0.2, 0.25) is 0 Å². The van der Waals surface area contributed by atoms with Crippen LogP contribution in [-0.4, -0.2) is 28.5 Å². The number of ether oxygens (including phenoxy) is 1. The SMILES string of the molecule is CCn1c(C)nnc1C(N)CCCOC. The largest absolute Gasteiger partial charge is 0.385 e. The van der Waals surface area contributed by atoms with E-state index < -0.39 is 0 Å². The molecule has 1 aromatic rings. The number of hydrogen-bond donors (Lipinski definition) is 1. The summed E-state index contributed by atoms with van der Waals surface area (Å²) in [6.07, 6.45) is 1.83. The van der Waals surface area contributed by atoms with Crippen LogP contribution in [0, 0.1) is 6.92 Å². The van der Waals surface area contributed by atoms with E-state index >= 15 is 0 Å². The van der Waals surface area contributed by atoms with E-state index in [1.807, 2.05) is 6.92 Å². The molecule has 1 rings (SSSR count). The molecular formula is C10H20N4O. The zero-order valence-electron chi connectivity index (χ0n) is 9.73. The van der Waals surface area contributed by atoms with Crippen molar-refractivity contribution < 1.29 is 4.74 Å². The van der Waals surface area contributed by atoms with Crippen LogP contribution in [0.25, 0.3) is 0 Å². The second kappa shape index (κ2) is 5.82. The summed E-state index contributed by atoms with van der Waals surface area (Å²) in [6.45, 7) is 5.63. The smallest absolute Gasteiger partial charge is 0.149 e. The fraction of sp³-hybridized carbons (Fsp3) is 0.800. The average molecular weight is 212 g/mol. The molecule has 0 radical (unpaired) electrons. The molecule has 15 heavy (non-hydrogen) atoms. The first-order valence-corrected chi connectivity index (χ1v) is 5.34. The van der Waals surface area contributed by atoms with Crippen LogP contribution in [0.4, 0.5) is 0 Å². The molecule has 2 N–H and O–H groups in total. The molecule has 0 bridgehead atoms. The highest BCUT2D eigenvalue weighted by molar-refractivity contribution is 4.99. The molecule has 1 aromatic heterocycles. The van der Waals surface area contributed by atoms with Crippen molar-refractivity contribution >= 4 is 0 Å². The van der Waals surface area contributed by atoms with E-state index in [9.17, 15) is 0 Å². The molecule has 0 aliphatic carbocycles. The zero-order valence-corrected chi connectivity index (χ0v) is 9.73. The summed E-state index contributed by atoms with van der Waals surface area (Å²) in [5.74, 6) is 1.81. The Kier molecular flexibility index (Phi) is 4.71. The van der Waals surface area contributed by atoms with Gasteiger partial charge in [0.25, 0.3) is 0 Å². The Balaban J connectivity index is 2.60. The second-order valence-corrected chi connectivity index (χ2v) is 3.59. The number of aryl methyl sites for hydroxylation is 1. The first-order chi connectivity index (χ1) is 7.20. The lowest BCUT2D eigenvalue weighted by Gasteiger charge is -2.12. The first-order valence-electron chi connectivity index (χ1n) is 5.34. The standard InChI is InChI=1S/C10H20N4O/c1-4-14-8(2)12-13-10(14)9(11)6-5-7-15-3/h9H,4-7,11H2,1-3H3. The monoisotopic (exact) mass is 212 g/mol. The fourth-order valence-electron chi connectivity index (χ4n) is 1.64. The van der Waals surface area contributed by atoms with Gasteiger partial charge in [0.05, 0.1) is 6.04 Å². The molecule has 1 atom stereocenters. The predicted molar refractivity (Wildman–Crippen MR) is 58.5 cm³/mol. The minimum atomic E-state index is -0.0405. The minimum Gasteiger partial charge on any atom is -0.385 e. The molecule has 0 spiro atoms. The topological polar surface area (TPSA) is 66.0 Å². The summed E-state index contributed by atoms with van der Waals surface area (Å²) >= 11 is 0. The first kappa shape index (κ1) is 12.1. The third kappa shape index (κ3) is 3.00. The highest BCUT2D eigenvalue weighted by Gasteiger charge is 2.14. The second-order valence-electron chi connectivity index (χ2n) is 3.59. The van der Waals surface area contributed by atoms with Crippen LogP contribution >= 0.6 is 0 Å². The number of rotatable bonds is 6. The normalized spacial score (nSPS) is 13.1. The third-order valence-electron chi connectivity index (χ3n) is 2.48. The molecule has 0 amide bonds. The van der Waals surface area contributed by atoms with Crippen molar-refractivity contribution in [2.75, 3.05) is 13.7 Å². The molecule has 86 valence electrons. The Labute approximate surface area is 90.6 Å². The van der Waals surface area contributed by atoms with Crippen LogP contribution in [0.3, 0.4) is 0 Å². The van der Waals surface area contributed by atoms with E-state index in [-0.39, 0.29) is 6.04 Å². The zero-order chi connectivity index (χ0) is 11.3. The van der Waals surface area contributed by atoms with Gasteiger partial charge < -0.3 is 15.0 Å². The van der Waals surface area contributed by atoms with Crippen molar-refractivity contribution in [3.05, 3.63) is 11.6 Å². The van der Waals surface area contributed by atoms with E-state index in [4.69, 9.17) is 10.5 Å². The van der Waals surface area contributed by atoms with Gasteiger partial charge >= 0.3 is 0 Å². The van der Waals surface area contributed by atoms with Crippen molar-refractivity contribution in [3.8, 4) is 0 Å². The van der Waals surface area contributed by atoms with Gasteiger partial charge in [-0.15, -0.1) is 10.2 Å². The van der Waals surface area contributed by atoms with E-state index in [1.165, 1.54) is 0 Å². The molecule has 1 heterocycles. The number of aromatic nitrogens is 3. The maximum absolute atomic E-state index is 6.05. The van der Waals surface area contributed by atoms with Crippen molar-refractivity contribution in [1.29, 1.82) is 0 Å². The number of methoxy groups -OCH3 is 1. The molecule has 0 fully saturated rings. The maximum atomic E-state index is 6.05. The Hall–Kier alpha value is -0.940. The molecular weight excluding hydrogens is 192 g/mol. The lowest BCUT2D eigenvalue weighted by molar-refractivity contribution is 0.190. The van der Waals surface area contributed by atoms with E-state index in [0.717, 1.165) is 37.6 Å².